The van der Waals surface area contributed by atoms with E-state index in [9.17, 15) is 24.0 Å². The number of pyridine rings is 1. The molecule has 61 heavy (non-hydrogen) atoms. The highest BCUT2D eigenvalue weighted by molar-refractivity contribution is 6.00. The molecule has 15 nitrogen and oxygen atoms in total. The highest BCUT2D eigenvalue weighted by atomic mass is 19.1. The van der Waals surface area contributed by atoms with Crippen LogP contribution in [-0.2, 0) is 14.4 Å². The van der Waals surface area contributed by atoms with Gasteiger partial charge < -0.3 is 24.9 Å². The normalized spacial score (nSPS) is 22.2. The minimum absolute atomic E-state index is 0.0347. The van der Waals surface area contributed by atoms with Gasteiger partial charge in [0, 0.05) is 74.1 Å². The Morgan fingerprint density at radius 2 is 1.87 bits per heavy atom. The molecule has 2 saturated heterocycles. The van der Waals surface area contributed by atoms with Crippen LogP contribution in [-0.4, -0.2) is 80.0 Å². The first-order valence-corrected chi connectivity index (χ1v) is 21.0. The molecule has 0 spiro atoms. The topological polar surface area (TPSA) is 177 Å². The quantitative estimate of drug-likeness (QED) is 0.169. The van der Waals surface area contributed by atoms with Crippen molar-refractivity contribution in [2.24, 2.45) is 11.8 Å². The van der Waals surface area contributed by atoms with Gasteiger partial charge in [-0.1, -0.05) is 18.6 Å². The van der Waals surface area contributed by atoms with Crippen molar-refractivity contribution in [1.82, 2.24) is 34.6 Å². The number of nitrogens with zero attached hydrogens (tertiary/aromatic N) is 6. The molecule has 16 heteroatoms. The highest BCUT2D eigenvalue weighted by Crippen LogP contribution is 2.31. The molecular weight excluding hydrogens is 782 g/mol. The molecule has 5 aromatic rings. The molecule has 3 aromatic heterocycles. The van der Waals surface area contributed by atoms with Gasteiger partial charge in [-0.25, -0.2) is 19.2 Å². The second kappa shape index (κ2) is 17.1. The predicted molar refractivity (Wildman–Crippen MR) is 224 cm³/mol. The number of hydrogen-bond donors (Lipinski definition) is 3. The van der Waals surface area contributed by atoms with Crippen molar-refractivity contribution < 1.29 is 23.2 Å². The van der Waals surface area contributed by atoms with E-state index in [4.69, 9.17) is 4.42 Å². The number of carbonyl (C=O) groups excluding carboxylic acids is 3. The van der Waals surface area contributed by atoms with Gasteiger partial charge in [0.1, 0.15) is 17.4 Å². The minimum Gasteiger partial charge on any atom is -0.408 e. The third-order valence-electron chi connectivity index (χ3n) is 12.4. The summed E-state index contributed by atoms with van der Waals surface area (Å²) < 4.78 is 23.3. The Labute approximate surface area is 350 Å². The number of oxazole rings is 1. The molecule has 0 bridgehead atoms. The van der Waals surface area contributed by atoms with Gasteiger partial charge >= 0.3 is 5.76 Å². The lowest BCUT2D eigenvalue weighted by Gasteiger charge is -2.37. The van der Waals surface area contributed by atoms with E-state index in [1.807, 2.05) is 18.2 Å². The third-order valence-corrected chi connectivity index (χ3v) is 12.4. The van der Waals surface area contributed by atoms with Crippen LogP contribution in [0.3, 0.4) is 0 Å². The Morgan fingerprint density at radius 1 is 1.00 bits per heavy atom. The molecule has 2 unspecified atom stereocenters. The second-order valence-electron chi connectivity index (χ2n) is 16.4. The number of hydrogen-bond acceptors (Lipinski definition) is 11. The van der Waals surface area contributed by atoms with Crippen LogP contribution in [0.1, 0.15) is 63.8 Å². The van der Waals surface area contributed by atoms with Crippen molar-refractivity contribution in [2.75, 3.05) is 36.4 Å². The van der Waals surface area contributed by atoms with Crippen molar-refractivity contribution in [3.05, 3.63) is 112 Å². The van der Waals surface area contributed by atoms with Crippen molar-refractivity contribution in [3.63, 3.8) is 0 Å². The number of benzene rings is 1. The van der Waals surface area contributed by atoms with Crippen LogP contribution in [0.4, 0.5) is 16.0 Å². The number of fused-ring (bicyclic) bond motifs is 1. The zero-order valence-electron chi connectivity index (χ0n) is 33.5. The maximum atomic E-state index is 15.0. The van der Waals surface area contributed by atoms with E-state index in [0.717, 1.165) is 76.6 Å². The van der Waals surface area contributed by atoms with Crippen LogP contribution in [0.2, 0.25) is 0 Å². The van der Waals surface area contributed by atoms with Crippen molar-refractivity contribution >= 4 is 40.5 Å². The van der Waals surface area contributed by atoms with Crippen LogP contribution in [0, 0.1) is 29.8 Å². The Balaban J connectivity index is 0.744. The van der Waals surface area contributed by atoms with E-state index in [1.54, 1.807) is 30.5 Å². The lowest BCUT2D eigenvalue weighted by Crippen LogP contribution is -2.45. The molecule has 4 atom stereocenters. The fraction of sp³-hybridized carbons (Fsp3) is 0.400. The Morgan fingerprint density at radius 3 is 2.67 bits per heavy atom. The molecule has 9 rings (SSSR count). The molecule has 3 N–H and O–H groups in total. The monoisotopic (exact) mass is 827 g/mol. The molecule has 3 fully saturated rings. The van der Waals surface area contributed by atoms with Crippen LogP contribution in [0.5, 0.6) is 0 Å². The number of anilines is 2. The zero-order valence-corrected chi connectivity index (χ0v) is 33.5. The molecule has 1 saturated carbocycles. The van der Waals surface area contributed by atoms with E-state index < -0.39 is 23.5 Å². The van der Waals surface area contributed by atoms with Crippen molar-refractivity contribution in [2.45, 2.75) is 75.9 Å². The minimum atomic E-state index is -0.774. The number of aromatic nitrogens is 4. The summed E-state index contributed by atoms with van der Waals surface area (Å²) in [5, 5.41) is 8.92. The average molecular weight is 828 g/mol. The molecule has 0 radical (unpaired) electrons. The van der Waals surface area contributed by atoms with Crippen LogP contribution in [0.15, 0.2) is 87.2 Å². The molecular formula is C45H46FN9O6. The number of imide groups is 1. The third kappa shape index (κ3) is 8.63. The summed E-state index contributed by atoms with van der Waals surface area (Å²) >= 11 is 0. The van der Waals surface area contributed by atoms with E-state index in [0.29, 0.717) is 34.7 Å². The van der Waals surface area contributed by atoms with E-state index >= 15 is 4.39 Å². The molecule has 314 valence electrons. The Bertz CT molecular complexity index is 2610. The smallest absolute Gasteiger partial charge is 0.408 e. The number of nitrogens with one attached hydrogen (secondary N) is 3. The van der Waals surface area contributed by atoms with Gasteiger partial charge in [0.2, 0.25) is 23.7 Å². The highest BCUT2D eigenvalue weighted by Gasteiger charge is 2.33. The van der Waals surface area contributed by atoms with Gasteiger partial charge in [-0.15, -0.1) is 0 Å². The number of rotatable bonds is 10. The van der Waals surface area contributed by atoms with Gasteiger partial charge in [-0.3, -0.25) is 33.6 Å². The van der Waals surface area contributed by atoms with Gasteiger partial charge in [-0.2, -0.15) is 0 Å². The maximum Gasteiger partial charge on any atom is 0.420 e. The SMILES string of the molecule is O=C1CCC(n2c(=O)oc3cc(N4CCC(CN5C=CC(NC(=O)[C@H]6CCC[C@@H](Nc7ncc(F)c(-c8cc#cc(-n9ccccc9=O)c8)n7)C6)CC5)CC4)ccc32)C(=O)N1. The van der Waals surface area contributed by atoms with Crippen LogP contribution < -0.4 is 32.2 Å². The molecule has 1 aliphatic carbocycles. The first-order valence-electron chi connectivity index (χ1n) is 21.0. The molecule has 6 heterocycles. The van der Waals surface area contributed by atoms with Gasteiger partial charge in [-0.05, 0) is 99.5 Å². The summed E-state index contributed by atoms with van der Waals surface area (Å²) in [6, 6.07) is 18.5. The number of amides is 3. The summed E-state index contributed by atoms with van der Waals surface area (Å²) in [5.74, 6) is -1.39. The summed E-state index contributed by atoms with van der Waals surface area (Å²) in [6.07, 6.45) is 13.3. The predicted octanol–water partition coefficient (Wildman–Crippen LogP) is 4.51. The van der Waals surface area contributed by atoms with E-state index in [1.165, 1.54) is 15.2 Å². The fourth-order valence-electron chi connectivity index (χ4n) is 9.11. The number of piperidine rings is 2. The lowest BCUT2D eigenvalue weighted by molar-refractivity contribution is -0.135. The van der Waals surface area contributed by atoms with Crippen LogP contribution in [0.25, 0.3) is 28.0 Å². The fourth-order valence-corrected chi connectivity index (χ4v) is 9.11. The lowest BCUT2D eigenvalue weighted by atomic mass is 9.85. The maximum absolute atomic E-state index is 15.0. The molecule has 3 aliphatic heterocycles. The molecule has 4 aliphatic rings. The van der Waals surface area contributed by atoms with Gasteiger partial charge in [0.25, 0.3) is 5.56 Å². The van der Waals surface area contributed by atoms with Gasteiger partial charge in [0.15, 0.2) is 11.4 Å². The average Bonchev–Trinajstić information content (AvgIpc) is 3.60. The van der Waals surface area contributed by atoms with Crippen molar-refractivity contribution in [3.8, 4) is 16.9 Å². The molecule has 2 aromatic carbocycles. The van der Waals surface area contributed by atoms with E-state index in [-0.39, 0.29) is 59.9 Å². The Kier molecular flexibility index (Phi) is 11.1. The Hall–Kier alpha value is -6.76. The summed E-state index contributed by atoms with van der Waals surface area (Å²) in [7, 11) is 0. The zero-order chi connectivity index (χ0) is 42.0. The van der Waals surface area contributed by atoms with Crippen LogP contribution >= 0.6 is 0 Å². The van der Waals surface area contributed by atoms with Crippen molar-refractivity contribution in [1.29, 1.82) is 0 Å². The summed E-state index contributed by atoms with van der Waals surface area (Å²) in [4.78, 5) is 76.0. The first-order chi connectivity index (χ1) is 29.6. The largest absolute Gasteiger partial charge is 0.420 e. The summed E-state index contributed by atoms with van der Waals surface area (Å²) in [5.41, 5.74) is 2.61. The van der Waals surface area contributed by atoms with E-state index in [2.05, 4.69) is 60.1 Å². The number of halogens is 1. The summed E-state index contributed by atoms with van der Waals surface area (Å²) in [6.45, 7) is 3.51. The second-order valence-corrected chi connectivity index (χ2v) is 16.4. The first kappa shape index (κ1) is 39.7. The number of carbonyl (C=O) groups is 3. The van der Waals surface area contributed by atoms with Gasteiger partial charge in [0.05, 0.1) is 17.8 Å². The molecule has 3 amide bonds. The standard InChI is InChI=1S/C45H46FN9O6/c46-35-26-47-44(51-41(35)29-5-4-8-34(24-29)54-18-2-1-9-40(54)57)49-32-7-3-6-30(23-32)42(58)48-31-16-19-52(20-17-31)27-28-14-21-53(22-15-28)33-10-11-36-38(25-33)61-45(60)55(36)37-12-13-39(56)50-43(37)59/h1-2,5,9-11,16,18-19,24-26,28,30-32,37H,3,6-7,12-15,17,20-23,27H2,(H,48,58)(H,47,49,51)(H,50,56,59)/t30-,31?,32+,37?/m0/s1.